The fourth-order valence-electron chi connectivity index (χ4n) is 2.34. The van der Waals surface area contributed by atoms with Crippen LogP contribution >= 0.6 is 34.2 Å². The summed E-state index contributed by atoms with van der Waals surface area (Å²) in [6.07, 6.45) is 0. The summed E-state index contributed by atoms with van der Waals surface area (Å²) in [6, 6.07) is 14.7. The molecule has 2 nitrogen and oxygen atoms in total. The topological polar surface area (TPSA) is 17.8 Å². The van der Waals surface area contributed by atoms with Gasteiger partial charge in [0.05, 0.1) is 16.4 Å². The third-order valence-corrected chi connectivity index (χ3v) is 4.19. The highest BCUT2D eigenvalue weighted by Gasteiger charge is 2.16. The standard InChI is InChI=1S/C16H14ClIN2/c1-10-3-8-15-14(9-10)19-16(11(2)17)20(15)13-6-4-12(18)5-7-13/h3-9,11H,1-2H3. The molecule has 3 aromatic rings. The summed E-state index contributed by atoms with van der Waals surface area (Å²) in [5.41, 5.74) is 4.39. The summed E-state index contributed by atoms with van der Waals surface area (Å²) in [5.74, 6) is 0.883. The van der Waals surface area contributed by atoms with Crippen molar-refractivity contribution >= 4 is 45.2 Å². The molecule has 0 fully saturated rings. The molecule has 0 amide bonds. The van der Waals surface area contributed by atoms with E-state index in [4.69, 9.17) is 16.6 Å². The van der Waals surface area contributed by atoms with E-state index in [1.54, 1.807) is 0 Å². The zero-order valence-corrected chi connectivity index (χ0v) is 14.2. The average Bonchev–Trinajstić information content (AvgIpc) is 2.78. The van der Waals surface area contributed by atoms with Gasteiger partial charge < -0.3 is 0 Å². The molecule has 1 unspecified atom stereocenters. The lowest BCUT2D eigenvalue weighted by Crippen LogP contribution is -2.01. The molecule has 20 heavy (non-hydrogen) atoms. The number of hydrogen-bond acceptors (Lipinski definition) is 1. The number of fused-ring (bicyclic) bond motifs is 1. The van der Waals surface area contributed by atoms with Crippen LogP contribution < -0.4 is 0 Å². The van der Waals surface area contributed by atoms with Crippen LogP contribution in [0.1, 0.15) is 23.7 Å². The number of imidazole rings is 1. The first kappa shape index (κ1) is 13.9. The van der Waals surface area contributed by atoms with Crippen molar-refractivity contribution in [2.24, 2.45) is 0 Å². The van der Waals surface area contributed by atoms with E-state index in [-0.39, 0.29) is 5.38 Å². The Labute approximate surface area is 136 Å². The van der Waals surface area contributed by atoms with Crippen molar-refractivity contribution in [1.29, 1.82) is 0 Å². The minimum atomic E-state index is -0.137. The van der Waals surface area contributed by atoms with Gasteiger partial charge in [0.15, 0.2) is 0 Å². The minimum absolute atomic E-state index is 0.137. The molecule has 1 aromatic heterocycles. The molecule has 0 radical (unpaired) electrons. The molecule has 0 bridgehead atoms. The van der Waals surface area contributed by atoms with E-state index < -0.39 is 0 Å². The second kappa shape index (κ2) is 5.37. The van der Waals surface area contributed by atoms with Crippen LogP contribution in [0.4, 0.5) is 0 Å². The number of rotatable bonds is 2. The van der Waals surface area contributed by atoms with Gasteiger partial charge in [-0.25, -0.2) is 4.98 Å². The van der Waals surface area contributed by atoms with E-state index in [2.05, 4.69) is 76.5 Å². The third-order valence-electron chi connectivity index (χ3n) is 3.28. The van der Waals surface area contributed by atoms with Gasteiger partial charge in [-0.3, -0.25) is 4.57 Å². The molecular formula is C16H14ClIN2. The maximum Gasteiger partial charge on any atom is 0.132 e. The Morgan fingerprint density at radius 1 is 1.15 bits per heavy atom. The Kier molecular flexibility index (Phi) is 3.73. The third kappa shape index (κ3) is 2.44. The highest BCUT2D eigenvalue weighted by atomic mass is 127. The Bertz CT molecular complexity index is 760. The quantitative estimate of drug-likeness (QED) is 0.428. The summed E-state index contributed by atoms with van der Waals surface area (Å²) in [5, 5.41) is -0.137. The predicted molar refractivity (Wildman–Crippen MR) is 92.8 cm³/mol. The first-order valence-electron chi connectivity index (χ1n) is 6.45. The smallest absolute Gasteiger partial charge is 0.132 e. The summed E-state index contributed by atoms with van der Waals surface area (Å²) in [7, 11) is 0. The first-order chi connectivity index (χ1) is 9.56. The van der Waals surface area contributed by atoms with Crippen molar-refractivity contribution in [3.63, 3.8) is 0 Å². The molecule has 0 aliphatic carbocycles. The fraction of sp³-hybridized carbons (Fsp3) is 0.188. The number of nitrogens with zero attached hydrogens (tertiary/aromatic N) is 2. The van der Waals surface area contributed by atoms with Crippen LogP contribution in [0, 0.1) is 10.5 Å². The number of aryl methyl sites for hydroxylation is 1. The number of hydrogen-bond donors (Lipinski definition) is 0. The Morgan fingerprint density at radius 2 is 1.85 bits per heavy atom. The van der Waals surface area contributed by atoms with Crippen LogP contribution in [0.15, 0.2) is 42.5 Å². The minimum Gasteiger partial charge on any atom is -0.295 e. The molecule has 3 rings (SSSR count). The lowest BCUT2D eigenvalue weighted by Gasteiger charge is -2.10. The monoisotopic (exact) mass is 396 g/mol. The normalized spacial score (nSPS) is 12.8. The molecule has 0 spiro atoms. The molecule has 2 aromatic carbocycles. The number of halogens is 2. The van der Waals surface area contributed by atoms with E-state index in [0.29, 0.717) is 0 Å². The summed E-state index contributed by atoms with van der Waals surface area (Å²) in [6.45, 7) is 4.03. The molecule has 0 saturated heterocycles. The molecule has 1 atom stereocenters. The fourth-order valence-corrected chi connectivity index (χ4v) is 2.84. The Balaban J connectivity index is 2.31. The highest BCUT2D eigenvalue weighted by Crippen LogP contribution is 2.28. The van der Waals surface area contributed by atoms with E-state index in [9.17, 15) is 0 Å². The SMILES string of the molecule is Cc1ccc2c(c1)nc(C(C)Cl)n2-c1ccc(I)cc1. The van der Waals surface area contributed by atoms with Gasteiger partial charge in [-0.05, 0) is 78.4 Å². The van der Waals surface area contributed by atoms with Crippen LogP contribution in [-0.4, -0.2) is 9.55 Å². The second-order valence-corrected chi connectivity index (χ2v) is 6.79. The van der Waals surface area contributed by atoms with Crippen molar-refractivity contribution in [3.8, 4) is 5.69 Å². The number of benzene rings is 2. The summed E-state index contributed by atoms with van der Waals surface area (Å²) in [4.78, 5) is 4.70. The van der Waals surface area contributed by atoms with E-state index in [0.717, 1.165) is 22.5 Å². The summed E-state index contributed by atoms with van der Waals surface area (Å²) < 4.78 is 3.36. The summed E-state index contributed by atoms with van der Waals surface area (Å²) >= 11 is 8.62. The molecule has 0 aliphatic rings. The Hall–Kier alpha value is -1.07. The van der Waals surface area contributed by atoms with Gasteiger partial charge >= 0.3 is 0 Å². The van der Waals surface area contributed by atoms with E-state index in [1.165, 1.54) is 9.13 Å². The van der Waals surface area contributed by atoms with Gasteiger partial charge in [-0.2, -0.15) is 0 Å². The van der Waals surface area contributed by atoms with Crippen molar-refractivity contribution in [2.75, 3.05) is 0 Å². The van der Waals surface area contributed by atoms with Gasteiger partial charge in [0.25, 0.3) is 0 Å². The maximum absolute atomic E-state index is 6.32. The predicted octanol–water partition coefficient (Wildman–Crippen LogP) is 5.24. The largest absolute Gasteiger partial charge is 0.295 e. The van der Waals surface area contributed by atoms with E-state index in [1.807, 2.05) is 6.92 Å². The van der Waals surface area contributed by atoms with Crippen molar-refractivity contribution in [2.45, 2.75) is 19.2 Å². The van der Waals surface area contributed by atoms with Crippen LogP contribution in [0.25, 0.3) is 16.7 Å². The van der Waals surface area contributed by atoms with Crippen LogP contribution in [-0.2, 0) is 0 Å². The van der Waals surface area contributed by atoms with Gasteiger partial charge in [0.2, 0.25) is 0 Å². The number of aromatic nitrogens is 2. The van der Waals surface area contributed by atoms with Crippen LogP contribution in [0.2, 0.25) is 0 Å². The van der Waals surface area contributed by atoms with Crippen molar-refractivity contribution in [3.05, 3.63) is 57.4 Å². The molecule has 0 aliphatic heterocycles. The molecule has 4 heteroatoms. The number of alkyl halides is 1. The zero-order valence-electron chi connectivity index (χ0n) is 11.3. The maximum atomic E-state index is 6.32. The van der Waals surface area contributed by atoms with E-state index >= 15 is 0 Å². The molecule has 0 saturated carbocycles. The second-order valence-electron chi connectivity index (χ2n) is 4.89. The van der Waals surface area contributed by atoms with Gasteiger partial charge in [-0.15, -0.1) is 11.6 Å². The van der Waals surface area contributed by atoms with Crippen LogP contribution in [0.3, 0.4) is 0 Å². The molecular weight excluding hydrogens is 383 g/mol. The molecule has 102 valence electrons. The van der Waals surface area contributed by atoms with Crippen molar-refractivity contribution < 1.29 is 0 Å². The van der Waals surface area contributed by atoms with Gasteiger partial charge in [-0.1, -0.05) is 6.07 Å². The highest BCUT2D eigenvalue weighted by molar-refractivity contribution is 14.1. The lowest BCUT2D eigenvalue weighted by atomic mass is 10.2. The first-order valence-corrected chi connectivity index (χ1v) is 7.97. The lowest BCUT2D eigenvalue weighted by molar-refractivity contribution is 0.882. The van der Waals surface area contributed by atoms with Crippen LogP contribution in [0.5, 0.6) is 0 Å². The molecule has 0 N–H and O–H groups in total. The zero-order chi connectivity index (χ0) is 14.3. The Morgan fingerprint density at radius 3 is 2.50 bits per heavy atom. The molecule has 1 heterocycles. The van der Waals surface area contributed by atoms with Gasteiger partial charge in [0, 0.05) is 9.26 Å². The average molecular weight is 397 g/mol. The van der Waals surface area contributed by atoms with Crippen molar-refractivity contribution in [1.82, 2.24) is 9.55 Å². The van der Waals surface area contributed by atoms with Gasteiger partial charge in [0.1, 0.15) is 5.82 Å².